The maximum atomic E-state index is 12.5. The SMILES string of the molecule is CC(=O)N(CCNS(=O)(=O)c1ccc2c(c1)CCCC2)C(C)(C)C. The molecule has 0 bridgehead atoms. The Morgan fingerprint density at radius 3 is 2.38 bits per heavy atom. The van der Waals surface area contributed by atoms with Crippen LogP contribution in [0.25, 0.3) is 0 Å². The van der Waals surface area contributed by atoms with Crippen LogP contribution in [0.3, 0.4) is 0 Å². The average molecular weight is 353 g/mol. The summed E-state index contributed by atoms with van der Waals surface area (Å²) in [5.74, 6) is -0.0597. The van der Waals surface area contributed by atoms with Gasteiger partial charge in [0, 0.05) is 25.6 Å². The highest BCUT2D eigenvalue weighted by Crippen LogP contribution is 2.24. The van der Waals surface area contributed by atoms with Gasteiger partial charge in [0.1, 0.15) is 0 Å². The van der Waals surface area contributed by atoms with Gasteiger partial charge < -0.3 is 4.90 Å². The maximum Gasteiger partial charge on any atom is 0.240 e. The summed E-state index contributed by atoms with van der Waals surface area (Å²) < 4.78 is 27.6. The fourth-order valence-corrected chi connectivity index (χ4v) is 4.29. The lowest BCUT2D eigenvalue weighted by Gasteiger charge is -2.35. The van der Waals surface area contributed by atoms with Gasteiger partial charge in [0.15, 0.2) is 0 Å². The first-order chi connectivity index (χ1) is 11.1. The Balaban J connectivity index is 2.05. The zero-order valence-electron chi connectivity index (χ0n) is 15.1. The summed E-state index contributed by atoms with van der Waals surface area (Å²) in [5.41, 5.74) is 2.07. The second kappa shape index (κ2) is 7.23. The van der Waals surface area contributed by atoms with Crippen LogP contribution in [0.15, 0.2) is 23.1 Å². The average Bonchev–Trinajstić information content (AvgIpc) is 2.49. The van der Waals surface area contributed by atoms with Gasteiger partial charge in [0.05, 0.1) is 4.90 Å². The van der Waals surface area contributed by atoms with E-state index in [-0.39, 0.29) is 18.0 Å². The van der Waals surface area contributed by atoms with E-state index in [1.807, 2.05) is 26.8 Å². The molecule has 1 aromatic rings. The van der Waals surface area contributed by atoms with Crippen molar-refractivity contribution in [2.75, 3.05) is 13.1 Å². The van der Waals surface area contributed by atoms with Crippen molar-refractivity contribution >= 4 is 15.9 Å². The molecule has 0 aliphatic heterocycles. The lowest BCUT2D eigenvalue weighted by molar-refractivity contribution is -0.133. The van der Waals surface area contributed by atoms with Crippen molar-refractivity contribution in [1.29, 1.82) is 0 Å². The summed E-state index contributed by atoms with van der Waals surface area (Å²) in [5, 5.41) is 0. The summed E-state index contributed by atoms with van der Waals surface area (Å²) in [6, 6.07) is 5.41. The molecule has 1 aromatic carbocycles. The Kier molecular flexibility index (Phi) is 5.71. The van der Waals surface area contributed by atoms with Crippen LogP contribution in [-0.4, -0.2) is 37.9 Å². The first kappa shape index (κ1) is 18.9. The van der Waals surface area contributed by atoms with Gasteiger partial charge in [-0.25, -0.2) is 13.1 Å². The highest BCUT2D eigenvalue weighted by atomic mass is 32.2. The summed E-state index contributed by atoms with van der Waals surface area (Å²) in [6.07, 6.45) is 4.26. The minimum atomic E-state index is -3.55. The summed E-state index contributed by atoms with van der Waals surface area (Å²) in [7, 11) is -3.55. The Morgan fingerprint density at radius 1 is 1.17 bits per heavy atom. The number of nitrogens with zero attached hydrogens (tertiary/aromatic N) is 1. The molecule has 0 saturated heterocycles. The Bertz CT molecular complexity index is 705. The zero-order valence-corrected chi connectivity index (χ0v) is 15.9. The predicted molar refractivity (Wildman–Crippen MR) is 95.4 cm³/mol. The molecule has 0 unspecified atom stereocenters. The fourth-order valence-electron chi connectivity index (χ4n) is 3.22. The first-order valence-corrected chi connectivity index (χ1v) is 9.99. The maximum absolute atomic E-state index is 12.5. The van der Waals surface area contributed by atoms with E-state index < -0.39 is 10.0 Å². The molecular formula is C18H28N2O3S. The normalized spacial score (nSPS) is 15.0. The molecule has 0 aromatic heterocycles. The highest BCUT2D eigenvalue weighted by molar-refractivity contribution is 7.89. The summed E-state index contributed by atoms with van der Waals surface area (Å²) >= 11 is 0. The van der Waals surface area contributed by atoms with Crippen LogP contribution in [0.2, 0.25) is 0 Å². The van der Waals surface area contributed by atoms with Crippen LogP contribution >= 0.6 is 0 Å². The number of hydrogen-bond acceptors (Lipinski definition) is 3. The van der Waals surface area contributed by atoms with Gasteiger partial charge in [-0.05, 0) is 69.7 Å². The molecule has 6 heteroatoms. The van der Waals surface area contributed by atoms with Crippen molar-refractivity contribution in [2.45, 2.75) is 63.8 Å². The van der Waals surface area contributed by atoms with Crippen LogP contribution in [0.4, 0.5) is 0 Å². The molecule has 0 atom stereocenters. The number of benzene rings is 1. The number of rotatable bonds is 5. The van der Waals surface area contributed by atoms with Gasteiger partial charge in [0.2, 0.25) is 15.9 Å². The third-order valence-electron chi connectivity index (χ3n) is 4.45. The second-order valence-electron chi connectivity index (χ2n) is 7.38. The van der Waals surface area contributed by atoms with Crippen molar-refractivity contribution in [3.63, 3.8) is 0 Å². The van der Waals surface area contributed by atoms with Crippen LogP contribution in [-0.2, 0) is 27.7 Å². The van der Waals surface area contributed by atoms with Crippen molar-refractivity contribution < 1.29 is 13.2 Å². The van der Waals surface area contributed by atoms with Gasteiger partial charge in [-0.1, -0.05) is 6.07 Å². The van der Waals surface area contributed by atoms with Crippen molar-refractivity contribution in [3.8, 4) is 0 Å². The Labute approximate surface area is 145 Å². The molecule has 0 spiro atoms. The topological polar surface area (TPSA) is 66.5 Å². The highest BCUT2D eigenvalue weighted by Gasteiger charge is 2.24. The van der Waals surface area contributed by atoms with E-state index in [0.717, 1.165) is 24.8 Å². The molecule has 0 radical (unpaired) electrons. The summed E-state index contributed by atoms with van der Waals surface area (Å²) in [4.78, 5) is 13.7. The first-order valence-electron chi connectivity index (χ1n) is 8.51. The van der Waals surface area contributed by atoms with E-state index in [0.29, 0.717) is 11.4 Å². The number of carbonyl (C=O) groups excluding carboxylic acids is 1. The molecule has 0 saturated carbocycles. The lowest BCUT2D eigenvalue weighted by Crippen LogP contribution is -2.48. The van der Waals surface area contributed by atoms with E-state index in [4.69, 9.17) is 0 Å². The number of nitrogens with one attached hydrogen (secondary N) is 1. The van der Waals surface area contributed by atoms with E-state index >= 15 is 0 Å². The standard InChI is InChI=1S/C18H28N2O3S/c1-14(21)20(18(2,3)4)12-11-19-24(22,23)17-10-9-15-7-5-6-8-16(15)13-17/h9-10,13,19H,5-8,11-12H2,1-4H3. The minimum absolute atomic E-state index is 0.0597. The van der Waals surface area contributed by atoms with Crippen LogP contribution < -0.4 is 4.72 Å². The number of hydrogen-bond donors (Lipinski definition) is 1. The van der Waals surface area contributed by atoms with Gasteiger partial charge in [-0.2, -0.15) is 0 Å². The molecule has 24 heavy (non-hydrogen) atoms. The van der Waals surface area contributed by atoms with Gasteiger partial charge in [-0.3, -0.25) is 4.79 Å². The third-order valence-corrected chi connectivity index (χ3v) is 5.91. The Morgan fingerprint density at radius 2 is 1.79 bits per heavy atom. The number of fused-ring (bicyclic) bond motifs is 1. The molecule has 1 aliphatic carbocycles. The van der Waals surface area contributed by atoms with Gasteiger partial charge in [0.25, 0.3) is 0 Å². The molecule has 1 N–H and O–H groups in total. The van der Waals surface area contributed by atoms with Crippen LogP contribution in [0.1, 0.15) is 51.7 Å². The number of aryl methyl sites for hydroxylation is 2. The molecule has 1 amide bonds. The number of carbonyl (C=O) groups is 1. The number of sulfonamides is 1. The second-order valence-corrected chi connectivity index (χ2v) is 9.14. The summed E-state index contributed by atoms with van der Waals surface area (Å²) in [6.45, 7) is 7.87. The zero-order chi connectivity index (χ0) is 18.0. The molecule has 1 aliphatic rings. The monoisotopic (exact) mass is 352 g/mol. The van der Waals surface area contributed by atoms with E-state index in [2.05, 4.69) is 4.72 Å². The molecular weight excluding hydrogens is 324 g/mol. The van der Waals surface area contributed by atoms with E-state index in [1.54, 1.807) is 17.0 Å². The lowest BCUT2D eigenvalue weighted by atomic mass is 9.92. The Hall–Kier alpha value is -1.40. The van der Waals surface area contributed by atoms with Gasteiger partial charge >= 0.3 is 0 Å². The predicted octanol–water partition coefficient (Wildman–Crippen LogP) is 2.49. The largest absolute Gasteiger partial charge is 0.337 e. The van der Waals surface area contributed by atoms with Gasteiger partial charge in [-0.15, -0.1) is 0 Å². The minimum Gasteiger partial charge on any atom is -0.337 e. The molecule has 134 valence electrons. The fraction of sp³-hybridized carbons (Fsp3) is 0.611. The molecule has 5 nitrogen and oxygen atoms in total. The smallest absolute Gasteiger partial charge is 0.240 e. The van der Waals surface area contributed by atoms with E-state index in [9.17, 15) is 13.2 Å². The van der Waals surface area contributed by atoms with Crippen LogP contribution in [0, 0.1) is 0 Å². The molecule has 0 fully saturated rings. The van der Waals surface area contributed by atoms with Crippen molar-refractivity contribution in [1.82, 2.24) is 9.62 Å². The molecule has 2 rings (SSSR count). The van der Waals surface area contributed by atoms with E-state index in [1.165, 1.54) is 18.9 Å². The number of amides is 1. The van der Waals surface area contributed by atoms with Crippen molar-refractivity contribution in [3.05, 3.63) is 29.3 Å². The third kappa shape index (κ3) is 4.57. The van der Waals surface area contributed by atoms with Crippen molar-refractivity contribution in [2.24, 2.45) is 0 Å². The molecule has 0 heterocycles. The van der Waals surface area contributed by atoms with Crippen LogP contribution in [0.5, 0.6) is 0 Å². The quantitative estimate of drug-likeness (QED) is 0.885.